The van der Waals surface area contributed by atoms with Gasteiger partial charge >= 0.3 is 0 Å². The number of rotatable bonds is 5. The van der Waals surface area contributed by atoms with Gasteiger partial charge in [0.1, 0.15) is 0 Å². The molecule has 1 saturated heterocycles. The number of fused-ring (bicyclic) bond motifs is 4. The van der Waals surface area contributed by atoms with E-state index in [0.717, 1.165) is 0 Å². The summed E-state index contributed by atoms with van der Waals surface area (Å²) in [5.74, 6) is 4.90. The summed E-state index contributed by atoms with van der Waals surface area (Å²) in [4.78, 5) is 3.00. The van der Waals surface area contributed by atoms with Crippen molar-refractivity contribution < 1.29 is 0 Å². The minimum atomic E-state index is 0.181. The third-order valence-corrected chi connectivity index (χ3v) is 12.6. The van der Waals surface area contributed by atoms with Crippen molar-refractivity contribution in [3.63, 3.8) is 0 Å². The Kier molecular flexibility index (Phi) is 6.99. The minimum absolute atomic E-state index is 0.181. The number of allylic oxidation sites excluding steroid dienone is 4. The lowest BCUT2D eigenvalue weighted by molar-refractivity contribution is 0.166. The van der Waals surface area contributed by atoms with E-state index in [1.54, 1.807) is 16.8 Å². The maximum absolute atomic E-state index is 3.00. The Hall–Kier alpha value is -2.80. The van der Waals surface area contributed by atoms with Gasteiger partial charge in [0.05, 0.1) is 0 Å². The van der Waals surface area contributed by atoms with Gasteiger partial charge in [0.15, 0.2) is 0 Å². The van der Waals surface area contributed by atoms with Crippen molar-refractivity contribution in [1.29, 1.82) is 0 Å². The molecule has 0 spiro atoms. The summed E-state index contributed by atoms with van der Waals surface area (Å²) in [6.45, 7) is 21.6. The molecule has 0 aromatic heterocycles. The van der Waals surface area contributed by atoms with Crippen LogP contribution in [0.4, 0.5) is 5.69 Å². The summed E-state index contributed by atoms with van der Waals surface area (Å²) >= 11 is 0. The molecule has 0 bridgehead atoms. The highest BCUT2D eigenvalue weighted by Crippen LogP contribution is 2.67. The van der Waals surface area contributed by atoms with Crippen molar-refractivity contribution in [2.24, 2.45) is 29.6 Å². The van der Waals surface area contributed by atoms with Crippen LogP contribution in [0.3, 0.4) is 0 Å². The van der Waals surface area contributed by atoms with Crippen LogP contribution in [-0.2, 0) is 0 Å². The van der Waals surface area contributed by atoms with E-state index in [9.17, 15) is 0 Å². The Labute approximate surface area is 261 Å². The lowest BCUT2D eigenvalue weighted by atomic mass is 9.60. The molecule has 7 unspecified atom stereocenters. The number of nitrogens with zero attached hydrogens (tertiary/aromatic N) is 1. The van der Waals surface area contributed by atoms with Gasteiger partial charge in [-0.3, -0.25) is 0 Å². The molecular formula is C42H53N. The third kappa shape index (κ3) is 4.47. The van der Waals surface area contributed by atoms with Crippen LogP contribution in [0.5, 0.6) is 0 Å². The van der Waals surface area contributed by atoms with E-state index in [1.807, 2.05) is 0 Å². The molecule has 3 aromatic rings. The average Bonchev–Trinajstić information content (AvgIpc) is 3.33. The van der Waals surface area contributed by atoms with Crippen LogP contribution in [0.25, 0.3) is 10.8 Å². The largest absolute Gasteiger partial charge is 0.362 e. The minimum Gasteiger partial charge on any atom is -0.362 e. The predicted octanol–water partition coefficient (Wildman–Crippen LogP) is 11.2. The van der Waals surface area contributed by atoms with Gasteiger partial charge in [-0.15, -0.1) is 0 Å². The summed E-state index contributed by atoms with van der Waals surface area (Å²) < 4.78 is 0. The third-order valence-electron chi connectivity index (χ3n) is 12.6. The van der Waals surface area contributed by atoms with Gasteiger partial charge in [-0.2, -0.15) is 0 Å². The second-order valence-corrected chi connectivity index (χ2v) is 15.8. The first-order valence-corrected chi connectivity index (χ1v) is 17.3. The van der Waals surface area contributed by atoms with Crippen LogP contribution in [0, 0.1) is 43.4 Å². The lowest BCUT2D eigenvalue weighted by Crippen LogP contribution is -2.51. The van der Waals surface area contributed by atoms with E-state index in [1.165, 1.54) is 52.3 Å². The number of benzene rings is 3. The Morgan fingerprint density at radius 2 is 1.65 bits per heavy atom. The fraction of sp³-hybridized carbons (Fsp3) is 0.524. The SMILES string of the molecule is Cc1ccc(C2CC3c4cc5cc(C(C)C)ccc5cc4N4C(CC5C=CC(C(C)C)=CC5C)C(C)C(C2)[C@@]34C)c(C)c1. The molecule has 4 aliphatic rings. The van der Waals surface area contributed by atoms with E-state index in [4.69, 9.17) is 0 Å². The number of hydrogen-bond acceptors (Lipinski definition) is 1. The second kappa shape index (κ2) is 10.4. The fourth-order valence-electron chi connectivity index (χ4n) is 10.1. The molecule has 226 valence electrons. The van der Waals surface area contributed by atoms with E-state index in [2.05, 4.69) is 134 Å². The lowest BCUT2D eigenvalue weighted by Gasteiger charge is -2.47. The van der Waals surface area contributed by atoms with Crippen molar-refractivity contribution in [2.45, 2.75) is 111 Å². The molecule has 7 rings (SSSR count). The Morgan fingerprint density at radius 1 is 0.860 bits per heavy atom. The molecule has 43 heavy (non-hydrogen) atoms. The Bertz CT molecular complexity index is 1620. The van der Waals surface area contributed by atoms with Crippen molar-refractivity contribution in [3.05, 3.63) is 100 Å². The van der Waals surface area contributed by atoms with E-state index in [0.29, 0.717) is 53.4 Å². The van der Waals surface area contributed by atoms with Gasteiger partial charge in [-0.25, -0.2) is 0 Å². The van der Waals surface area contributed by atoms with Gasteiger partial charge < -0.3 is 4.90 Å². The van der Waals surface area contributed by atoms with Crippen LogP contribution in [0.15, 0.2) is 72.3 Å². The summed E-state index contributed by atoms with van der Waals surface area (Å²) in [6, 6.07) is 20.2. The molecule has 8 atom stereocenters. The zero-order valence-electron chi connectivity index (χ0n) is 28.1. The summed E-state index contributed by atoms with van der Waals surface area (Å²) in [5, 5.41) is 2.83. The molecule has 3 aromatic carbocycles. The molecule has 2 heterocycles. The monoisotopic (exact) mass is 571 g/mol. The number of hydrogen-bond donors (Lipinski definition) is 0. The van der Waals surface area contributed by atoms with Gasteiger partial charge in [-0.1, -0.05) is 102 Å². The summed E-state index contributed by atoms with van der Waals surface area (Å²) in [7, 11) is 0. The smallest absolute Gasteiger partial charge is 0.0478 e. The first-order chi connectivity index (χ1) is 20.5. The Morgan fingerprint density at radius 3 is 2.35 bits per heavy atom. The number of aryl methyl sites for hydroxylation is 2. The molecule has 0 amide bonds. The first-order valence-electron chi connectivity index (χ1n) is 17.3. The van der Waals surface area contributed by atoms with Crippen molar-refractivity contribution in [2.75, 3.05) is 4.90 Å². The maximum Gasteiger partial charge on any atom is 0.0478 e. The van der Waals surface area contributed by atoms with Crippen LogP contribution in [-0.4, -0.2) is 11.6 Å². The van der Waals surface area contributed by atoms with Crippen LogP contribution in [0.1, 0.15) is 113 Å². The molecule has 1 saturated carbocycles. The zero-order valence-corrected chi connectivity index (χ0v) is 28.1. The average molecular weight is 572 g/mol. The summed E-state index contributed by atoms with van der Waals surface area (Å²) in [5.41, 5.74) is 10.8. The topological polar surface area (TPSA) is 3.24 Å². The molecule has 0 N–H and O–H groups in total. The zero-order chi connectivity index (χ0) is 30.4. The predicted molar refractivity (Wildman–Crippen MR) is 185 cm³/mol. The Balaban J connectivity index is 1.34. The van der Waals surface area contributed by atoms with Crippen LogP contribution >= 0.6 is 0 Å². The maximum atomic E-state index is 3.00. The normalized spacial score (nSPS) is 33.0. The molecule has 1 nitrogen and oxygen atoms in total. The summed E-state index contributed by atoms with van der Waals surface area (Å²) in [6.07, 6.45) is 11.4. The van der Waals surface area contributed by atoms with E-state index >= 15 is 0 Å². The fourth-order valence-corrected chi connectivity index (χ4v) is 10.1. The molecule has 2 fully saturated rings. The van der Waals surface area contributed by atoms with Crippen molar-refractivity contribution >= 4 is 16.5 Å². The highest BCUT2D eigenvalue weighted by Gasteiger charge is 2.64. The molecule has 1 heteroatoms. The standard InChI is InChI=1S/C42H53N/c1-24(2)30-11-13-32(27(6)17-30)22-40-29(8)38-20-35(36-15-10-26(5)16-28(36)7)21-39-37-19-34-18-31(25(3)4)12-14-33(34)23-41(37)43(40)42(38,39)9/h10-19,23-25,27,29,32,35,38-40H,20-22H2,1-9H3/t27?,29?,32?,35?,38?,39?,40?,42-/m0/s1. The molecule has 2 aliphatic heterocycles. The second-order valence-electron chi connectivity index (χ2n) is 15.8. The van der Waals surface area contributed by atoms with Gasteiger partial charge in [0.25, 0.3) is 0 Å². The van der Waals surface area contributed by atoms with Crippen molar-refractivity contribution in [1.82, 2.24) is 0 Å². The van der Waals surface area contributed by atoms with Gasteiger partial charge in [0.2, 0.25) is 0 Å². The highest BCUT2D eigenvalue weighted by atomic mass is 15.3. The molecule has 2 aliphatic carbocycles. The van der Waals surface area contributed by atoms with E-state index < -0.39 is 0 Å². The van der Waals surface area contributed by atoms with Crippen molar-refractivity contribution in [3.8, 4) is 0 Å². The number of anilines is 1. The van der Waals surface area contributed by atoms with Crippen LogP contribution in [0.2, 0.25) is 0 Å². The van der Waals surface area contributed by atoms with Crippen LogP contribution < -0.4 is 4.90 Å². The highest BCUT2D eigenvalue weighted by molar-refractivity contribution is 5.90. The quantitative estimate of drug-likeness (QED) is 0.294. The molecule has 0 radical (unpaired) electrons. The van der Waals surface area contributed by atoms with Gasteiger partial charge in [-0.05, 0) is 132 Å². The molecular weight excluding hydrogens is 518 g/mol. The van der Waals surface area contributed by atoms with E-state index in [-0.39, 0.29) is 5.54 Å². The van der Waals surface area contributed by atoms with Gasteiger partial charge in [0, 0.05) is 23.2 Å². The first kappa shape index (κ1) is 28.9.